The smallest absolute Gasteiger partial charge is 0.241 e. The number of nitrogens with one attached hydrogen (secondary N) is 1. The Morgan fingerprint density at radius 3 is 2.43 bits per heavy atom. The minimum absolute atomic E-state index is 0.117. The summed E-state index contributed by atoms with van der Waals surface area (Å²) in [5.41, 5.74) is 0. The fraction of sp³-hybridized carbons (Fsp3) is 0.545. The predicted molar refractivity (Wildman–Crippen MR) is 74.0 cm³/mol. The summed E-state index contributed by atoms with van der Waals surface area (Å²) < 4.78 is 64.0. The Morgan fingerprint density at radius 1 is 1.29 bits per heavy atom. The van der Waals surface area contributed by atoms with Gasteiger partial charge in [-0.2, -0.15) is 4.31 Å². The number of halogens is 1. The van der Waals surface area contributed by atoms with Crippen molar-refractivity contribution in [2.45, 2.75) is 23.9 Å². The van der Waals surface area contributed by atoms with Crippen molar-refractivity contribution in [1.29, 1.82) is 0 Å². The lowest BCUT2D eigenvalue weighted by molar-refractivity contribution is 0.307. The molecule has 0 bridgehead atoms. The molecule has 0 aliphatic carbocycles. The second-order valence-electron chi connectivity index (χ2n) is 4.86. The summed E-state index contributed by atoms with van der Waals surface area (Å²) in [4.78, 5) is 3.59. The number of piperidine rings is 1. The third-order valence-corrected chi connectivity index (χ3v) is 5.74. The summed E-state index contributed by atoms with van der Waals surface area (Å²) in [6, 6.07) is 2.05. The van der Waals surface area contributed by atoms with Crippen LogP contribution in [-0.2, 0) is 20.0 Å². The van der Waals surface area contributed by atoms with Crippen LogP contribution >= 0.6 is 0 Å². The Morgan fingerprint density at radius 2 is 1.90 bits per heavy atom. The first-order valence-electron chi connectivity index (χ1n) is 6.28. The van der Waals surface area contributed by atoms with Crippen molar-refractivity contribution >= 4 is 20.0 Å². The second-order valence-corrected chi connectivity index (χ2v) is 8.49. The molecule has 1 saturated heterocycles. The quantitative estimate of drug-likeness (QED) is 0.829. The second kappa shape index (κ2) is 5.95. The van der Waals surface area contributed by atoms with Crippen LogP contribution in [0.3, 0.4) is 0 Å². The average molecular weight is 337 g/mol. The predicted octanol–water partition coefficient (Wildman–Crippen LogP) is -0.0770. The maximum absolute atomic E-state index is 13.6. The number of hydrogen-bond acceptors (Lipinski definition) is 5. The molecule has 1 aliphatic rings. The molecule has 10 heteroatoms. The number of hydrogen-bond donors (Lipinski definition) is 1. The van der Waals surface area contributed by atoms with Gasteiger partial charge in [0.1, 0.15) is 0 Å². The highest BCUT2D eigenvalue weighted by atomic mass is 32.2. The minimum atomic E-state index is -3.99. The molecule has 2 rings (SSSR count). The van der Waals surface area contributed by atoms with E-state index in [0.29, 0.717) is 12.8 Å². The van der Waals surface area contributed by atoms with E-state index >= 15 is 0 Å². The summed E-state index contributed by atoms with van der Waals surface area (Å²) in [7, 11) is -7.32. The topological polar surface area (TPSA) is 96.4 Å². The molecule has 2 heterocycles. The molecule has 0 aromatic carbocycles. The van der Waals surface area contributed by atoms with Crippen LogP contribution in [0.4, 0.5) is 4.39 Å². The zero-order valence-corrected chi connectivity index (χ0v) is 13.0. The van der Waals surface area contributed by atoms with Crippen molar-refractivity contribution in [3.8, 4) is 0 Å². The lowest BCUT2D eigenvalue weighted by atomic mass is 10.1. The maximum atomic E-state index is 13.6. The van der Waals surface area contributed by atoms with Gasteiger partial charge in [-0.3, -0.25) is 0 Å². The molecule has 1 aromatic heterocycles. The third-order valence-electron chi connectivity index (χ3n) is 3.14. The molecule has 1 N–H and O–H groups in total. The van der Waals surface area contributed by atoms with Gasteiger partial charge in [0.2, 0.25) is 15.0 Å². The van der Waals surface area contributed by atoms with Crippen LogP contribution in [0, 0.1) is 5.82 Å². The van der Waals surface area contributed by atoms with Gasteiger partial charge in [0.15, 0.2) is 5.82 Å². The Kier molecular flexibility index (Phi) is 4.61. The monoisotopic (exact) mass is 337 g/mol. The molecular weight excluding hydrogens is 321 g/mol. The fourth-order valence-corrected chi connectivity index (χ4v) is 4.49. The SMILES string of the molecule is CS(=O)(=O)NC1CCN(S(=O)(=O)c2ncccc2F)CC1. The van der Waals surface area contributed by atoms with Crippen LogP contribution in [0.25, 0.3) is 0 Å². The van der Waals surface area contributed by atoms with E-state index in [-0.39, 0.29) is 19.1 Å². The van der Waals surface area contributed by atoms with Crippen molar-refractivity contribution < 1.29 is 21.2 Å². The molecule has 118 valence electrons. The molecule has 0 amide bonds. The van der Waals surface area contributed by atoms with Crippen molar-refractivity contribution in [1.82, 2.24) is 14.0 Å². The highest BCUT2D eigenvalue weighted by Crippen LogP contribution is 2.21. The summed E-state index contributed by atoms with van der Waals surface area (Å²) in [5, 5.41) is -0.598. The molecule has 1 fully saturated rings. The fourth-order valence-electron chi connectivity index (χ4n) is 2.20. The van der Waals surface area contributed by atoms with E-state index in [4.69, 9.17) is 0 Å². The normalized spacial score (nSPS) is 18.8. The molecule has 0 spiro atoms. The molecule has 21 heavy (non-hydrogen) atoms. The van der Waals surface area contributed by atoms with Crippen molar-refractivity contribution in [3.05, 3.63) is 24.1 Å². The van der Waals surface area contributed by atoms with Crippen LogP contribution in [0.1, 0.15) is 12.8 Å². The Balaban J connectivity index is 2.10. The maximum Gasteiger partial charge on any atom is 0.263 e. The number of sulfonamides is 2. The molecule has 0 unspecified atom stereocenters. The van der Waals surface area contributed by atoms with Crippen molar-refractivity contribution in [2.24, 2.45) is 0 Å². The lowest BCUT2D eigenvalue weighted by Gasteiger charge is -2.30. The molecule has 0 atom stereocenters. The van der Waals surface area contributed by atoms with Gasteiger partial charge in [0.05, 0.1) is 6.26 Å². The lowest BCUT2D eigenvalue weighted by Crippen LogP contribution is -2.46. The molecule has 7 nitrogen and oxygen atoms in total. The van der Waals surface area contributed by atoms with Crippen molar-refractivity contribution in [3.63, 3.8) is 0 Å². The Hall–Kier alpha value is -1.10. The van der Waals surface area contributed by atoms with Crippen LogP contribution in [0.15, 0.2) is 23.4 Å². The zero-order chi connectivity index (χ0) is 15.7. The van der Waals surface area contributed by atoms with E-state index in [9.17, 15) is 21.2 Å². The van der Waals surface area contributed by atoms with E-state index in [0.717, 1.165) is 16.6 Å². The van der Waals surface area contributed by atoms with Gasteiger partial charge < -0.3 is 0 Å². The summed E-state index contributed by atoms with van der Waals surface area (Å²) in [6.45, 7) is 0.233. The summed E-state index contributed by atoms with van der Waals surface area (Å²) in [6.07, 6.45) is 2.94. The zero-order valence-electron chi connectivity index (χ0n) is 11.4. The molecule has 1 aliphatic heterocycles. The van der Waals surface area contributed by atoms with E-state index in [1.807, 2.05) is 0 Å². The number of nitrogens with zero attached hydrogens (tertiary/aromatic N) is 2. The third kappa shape index (κ3) is 3.96. The van der Waals surface area contributed by atoms with Gasteiger partial charge in [-0.05, 0) is 25.0 Å². The van der Waals surface area contributed by atoms with Gasteiger partial charge in [0.25, 0.3) is 10.0 Å². The summed E-state index contributed by atoms with van der Waals surface area (Å²) >= 11 is 0. The van der Waals surface area contributed by atoms with Crippen LogP contribution in [0.5, 0.6) is 0 Å². The first-order chi connectivity index (χ1) is 9.70. The molecular formula is C11H16FN3O4S2. The van der Waals surface area contributed by atoms with Crippen LogP contribution < -0.4 is 4.72 Å². The Labute approximate surface area is 123 Å². The van der Waals surface area contributed by atoms with Gasteiger partial charge in [-0.1, -0.05) is 0 Å². The molecule has 0 radical (unpaired) electrons. The van der Waals surface area contributed by atoms with Gasteiger partial charge in [0, 0.05) is 25.3 Å². The Bertz CT molecular complexity index is 713. The average Bonchev–Trinajstić information content (AvgIpc) is 2.37. The largest absolute Gasteiger partial charge is 0.263 e. The highest BCUT2D eigenvalue weighted by molar-refractivity contribution is 7.89. The van der Waals surface area contributed by atoms with Crippen LogP contribution in [0.2, 0.25) is 0 Å². The van der Waals surface area contributed by atoms with Gasteiger partial charge in [-0.15, -0.1) is 0 Å². The van der Waals surface area contributed by atoms with Crippen molar-refractivity contribution in [2.75, 3.05) is 19.3 Å². The highest BCUT2D eigenvalue weighted by Gasteiger charge is 2.32. The summed E-state index contributed by atoms with van der Waals surface area (Å²) in [5.74, 6) is -0.895. The number of aromatic nitrogens is 1. The van der Waals surface area contributed by atoms with E-state index in [2.05, 4.69) is 9.71 Å². The van der Waals surface area contributed by atoms with E-state index in [1.54, 1.807) is 0 Å². The van der Waals surface area contributed by atoms with Crippen LogP contribution in [-0.4, -0.2) is 51.5 Å². The minimum Gasteiger partial charge on any atom is -0.241 e. The van der Waals surface area contributed by atoms with Gasteiger partial charge >= 0.3 is 0 Å². The number of rotatable bonds is 4. The first kappa shape index (κ1) is 16.3. The molecule has 1 aromatic rings. The standard InChI is InChI=1S/C11H16FN3O4S2/c1-20(16,17)14-9-4-7-15(8-5-9)21(18,19)11-10(12)3-2-6-13-11/h2-3,6,9,14H,4-5,7-8H2,1H3. The van der Waals surface area contributed by atoms with Gasteiger partial charge in [-0.25, -0.2) is 30.9 Å². The first-order valence-corrected chi connectivity index (χ1v) is 9.61. The van der Waals surface area contributed by atoms with E-state index in [1.165, 1.54) is 12.3 Å². The van der Waals surface area contributed by atoms with E-state index < -0.39 is 30.9 Å². The number of pyridine rings is 1. The molecule has 0 saturated carbocycles.